The number of rotatable bonds is 5. The molecule has 2 N–H and O–H groups in total. The lowest BCUT2D eigenvalue weighted by molar-refractivity contribution is 0.185. The molecule has 3 aromatic rings. The Labute approximate surface area is 144 Å². The fourth-order valence-electron chi connectivity index (χ4n) is 3.16. The van der Waals surface area contributed by atoms with Crippen LogP contribution in [0, 0.1) is 0 Å². The quantitative estimate of drug-likeness (QED) is 0.698. The van der Waals surface area contributed by atoms with Gasteiger partial charge >= 0.3 is 0 Å². The highest BCUT2D eigenvalue weighted by Crippen LogP contribution is 2.34. The van der Waals surface area contributed by atoms with Gasteiger partial charge in [0, 0.05) is 12.6 Å². The molecule has 24 heavy (non-hydrogen) atoms. The summed E-state index contributed by atoms with van der Waals surface area (Å²) < 4.78 is 5.41. The van der Waals surface area contributed by atoms with Gasteiger partial charge in [0.15, 0.2) is 0 Å². The Balaban J connectivity index is 2.16. The average molecular weight is 319 g/mol. The van der Waals surface area contributed by atoms with E-state index >= 15 is 0 Å². The fraction of sp³-hybridized carbons (Fsp3) is 0.273. The molecule has 1 atom stereocenters. The summed E-state index contributed by atoms with van der Waals surface area (Å²) in [5.41, 5.74) is 10.9. The average Bonchev–Trinajstić information content (AvgIpc) is 2.62. The smallest absolute Gasteiger partial charge is 0.0719 e. The second kappa shape index (κ2) is 6.76. The first-order valence-corrected chi connectivity index (χ1v) is 8.46. The van der Waals surface area contributed by atoms with E-state index in [0.29, 0.717) is 6.61 Å². The summed E-state index contributed by atoms with van der Waals surface area (Å²) in [7, 11) is 1.74. The summed E-state index contributed by atoms with van der Waals surface area (Å²) in [6.07, 6.45) is 0.912. The Morgan fingerprint density at radius 2 is 1.67 bits per heavy atom. The lowest BCUT2D eigenvalue weighted by Crippen LogP contribution is -2.31. The number of benzene rings is 3. The van der Waals surface area contributed by atoms with Crippen LogP contribution >= 0.6 is 0 Å². The van der Waals surface area contributed by atoms with Crippen molar-refractivity contribution < 1.29 is 4.74 Å². The zero-order chi connectivity index (χ0) is 17.2. The van der Waals surface area contributed by atoms with Crippen molar-refractivity contribution in [2.45, 2.75) is 32.4 Å². The van der Waals surface area contributed by atoms with Gasteiger partial charge in [-0.15, -0.1) is 0 Å². The van der Waals surface area contributed by atoms with Gasteiger partial charge in [0.25, 0.3) is 0 Å². The van der Waals surface area contributed by atoms with E-state index in [1.165, 1.54) is 33.0 Å². The summed E-state index contributed by atoms with van der Waals surface area (Å²) in [5.74, 6) is 0. The second-order valence-corrected chi connectivity index (χ2v) is 6.60. The Morgan fingerprint density at radius 1 is 0.958 bits per heavy atom. The Morgan fingerprint density at radius 3 is 2.33 bits per heavy atom. The number of hydrogen-bond donors (Lipinski definition) is 1. The number of hydrogen-bond acceptors (Lipinski definition) is 2. The Kier molecular flexibility index (Phi) is 4.70. The molecule has 0 radical (unpaired) electrons. The third-order valence-corrected chi connectivity index (χ3v) is 4.88. The minimum Gasteiger partial charge on any atom is -0.380 e. The Hall–Kier alpha value is -2.16. The van der Waals surface area contributed by atoms with Crippen molar-refractivity contribution in [1.82, 2.24) is 0 Å². The van der Waals surface area contributed by atoms with Crippen molar-refractivity contribution in [3.8, 4) is 11.1 Å². The Bertz CT molecular complexity index is 834. The maximum Gasteiger partial charge on any atom is 0.0719 e. The largest absolute Gasteiger partial charge is 0.380 e. The predicted octanol–water partition coefficient (Wildman–Crippen LogP) is 5.24. The molecule has 0 heterocycles. The predicted molar refractivity (Wildman–Crippen MR) is 102 cm³/mol. The van der Waals surface area contributed by atoms with E-state index in [9.17, 15) is 0 Å². The molecule has 2 nitrogen and oxygen atoms in total. The van der Waals surface area contributed by atoms with Crippen LogP contribution in [-0.4, -0.2) is 7.11 Å². The zero-order valence-electron chi connectivity index (χ0n) is 14.7. The maximum absolute atomic E-state index is 6.37. The normalized spacial score (nSPS) is 13.8. The molecule has 0 aliphatic heterocycles. The van der Waals surface area contributed by atoms with Crippen LogP contribution in [0.15, 0.2) is 60.7 Å². The van der Waals surface area contributed by atoms with Crippen LogP contribution in [0.1, 0.15) is 31.4 Å². The SMILES string of the molecule is CCC(C)(N)c1ccc(-c2c(COC)ccc3ccccc23)cc1. The number of ether oxygens (including phenoxy) is 1. The molecule has 3 rings (SSSR count). The van der Waals surface area contributed by atoms with E-state index in [0.717, 1.165) is 6.42 Å². The molecule has 0 bridgehead atoms. The number of fused-ring (bicyclic) bond motifs is 1. The van der Waals surface area contributed by atoms with E-state index in [4.69, 9.17) is 10.5 Å². The van der Waals surface area contributed by atoms with Gasteiger partial charge in [-0.05, 0) is 46.4 Å². The fourth-order valence-corrected chi connectivity index (χ4v) is 3.16. The molecular weight excluding hydrogens is 294 g/mol. The first kappa shape index (κ1) is 16.7. The van der Waals surface area contributed by atoms with Crippen LogP contribution in [-0.2, 0) is 16.9 Å². The van der Waals surface area contributed by atoms with E-state index in [1.54, 1.807) is 7.11 Å². The molecule has 0 fully saturated rings. The summed E-state index contributed by atoms with van der Waals surface area (Å²) in [5, 5.41) is 2.50. The zero-order valence-corrected chi connectivity index (χ0v) is 14.7. The highest BCUT2D eigenvalue weighted by Gasteiger charge is 2.18. The van der Waals surface area contributed by atoms with Crippen LogP contribution in [0.5, 0.6) is 0 Å². The molecule has 0 amide bonds. The van der Waals surface area contributed by atoms with Crippen molar-refractivity contribution in [3.05, 3.63) is 71.8 Å². The van der Waals surface area contributed by atoms with Crippen LogP contribution in [0.4, 0.5) is 0 Å². The van der Waals surface area contributed by atoms with Crippen LogP contribution in [0.25, 0.3) is 21.9 Å². The van der Waals surface area contributed by atoms with Crippen molar-refractivity contribution in [3.63, 3.8) is 0 Å². The monoisotopic (exact) mass is 319 g/mol. The second-order valence-electron chi connectivity index (χ2n) is 6.60. The van der Waals surface area contributed by atoms with Crippen LogP contribution in [0.2, 0.25) is 0 Å². The maximum atomic E-state index is 6.37. The van der Waals surface area contributed by atoms with Crippen molar-refractivity contribution in [1.29, 1.82) is 0 Å². The number of nitrogens with two attached hydrogens (primary N) is 1. The number of methoxy groups -OCH3 is 1. The highest BCUT2D eigenvalue weighted by atomic mass is 16.5. The lowest BCUT2D eigenvalue weighted by atomic mass is 9.88. The van der Waals surface area contributed by atoms with E-state index in [1.807, 2.05) is 0 Å². The van der Waals surface area contributed by atoms with Gasteiger partial charge in [0.2, 0.25) is 0 Å². The van der Waals surface area contributed by atoms with Crippen LogP contribution in [0.3, 0.4) is 0 Å². The van der Waals surface area contributed by atoms with Gasteiger partial charge < -0.3 is 10.5 Å². The standard InChI is InChI=1S/C22H25NO/c1-4-22(2,23)19-13-11-17(12-14-19)21-18(15-24-3)10-9-16-7-5-6-8-20(16)21/h5-14H,4,15,23H2,1-3H3. The van der Waals surface area contributed by atoms with E-state index in [-0.39, 0.29) is 5.54 Å². The summed E-state index contributed by atoms with van der Waals surface area (Å²) >= 11 is 0. The van der Waals surface area contributed by atoms with Gasteiger partial charge in [-0.3, -0.25) is 0 Å². The van der Waals surface area contributed by atoms with Gasteiger partial charge in [-0.25, -0.2) is 0 Å². The molecule has 0 spiro atoms. The van der Waals surface area contributed by atoms with Crippen LogP contribution < -0.4 is 5.73 Å². The molecule has 124 valence electrons. The molecule has 2 heteroatoms. The minimum absolute atomic E-state index is 0.285. The summed E-state index contributed by atoms with van der Waals surface area (Å²) in [4.78, 5) is 0. The van der Waals surface area contributed by atoms with Gasteiger partial charge in [0.1, 0.15) is 0 Å². The van der Waals surface area contributed by atoms with Gasteiger partial charge in [-0.1, -0.05) is 67.6 Å². The van der Waals surface area contributed by atoms with Gasteiger partial charge in [0.05, 0.1) is 6.61 Å². The van der Waals surface area contributed by atoms with Crippen molar-refractivity contribution >= 4 is 10.8 Å². The molecule has 0 aliphatic rings. The molecule has 0 saturated heterocycles. The molecule has 3 aromatic carbocycles. The molecule has 0 aliphatic carbocycles. The summed E-state index contributed by atoms with van der Waals surface area (Å²) in [6.45, 7) is 4.80. The molecule has 1 unspecified atom stereocenters. The highest BCUT2D eigenvalue weighted by molar-refractivity contribution is 5.98. The van der Waals surface area contributed by atoms with Crippen molar-refractivity contribution in [2.24, 2.45) is 5.73 Å². The topological polar surface area (TPSA) is 35.2 Å². The van der Waals surface area contributed by atoms with Gasteiger partial charge in [-0.2, -0.15) is 0 Å². The summed E-state index contributed by atoms with van der Waals surface area (Å²) in [6, 6.07) is 21.5. The minimum atomic E-state index is -0.285. The third kappa shape index (κ3) is 3.08. The first-order chi connectivity index (χ1) is 11.6. The first-order valence-electron chi connectivity index (χ1n) is 8.46. The van der Waals surface area contributed by atoms with E-state index < -0.39 is 0 Å². The lowest BCUT2D eigenvalue weighted by Gasteiger charge is -2.23. The third-order valence-electron chi connectivity index (χ3n) is 4.88. The molecular formula is C22H25NO. The molecule has 0 aromatic heterocycles. The van der Waals surface area contributed by atoms with Crippen molar-refractivity contribution in [2.75, 3.05) is 7.11 Å². The van der Waals surface area contributed by atoms with E-state index in [2.05, 4.69) is 74.5 Å². The molecule has 0 saturated carbocycles.